The maximum atomic E-state index is 12.2. The van der Waals surface area contributed by atoms with Gasteiger partial charge in [0, 0.05) is 17.3 Å². The summed E-state index contributed by atoms with van der Waals surface area (Å²) >= 11 is 6.15. The SMILES string of the molecule is Cc1cnc(CNC(=O)c2cc(COc3cc(C)c(Cl)c(C)c3)on2)cn1. The van der Waals surface area contributed by atoms with E-state index in [1.54, 1.807) is 18.5 Å². The van der Waals surface area contributed by atoms with Gasteiger partial charge in [-0.3, -0.25) is 14.8 Å². The molecule has 2 heterocycles. The van der Waals surface area contributed by atoms with Crippen LogP contribution in [0.5, 0.6) is 5.75 Å². The molecule has 140 valence electrons. The van der Waals surface area contributed by atoms with E-state index in [2.05, 4.69) is 20.4 Å². The molecule has 8 heteroatoms. The lowest BCUT2D eigenvalue weighted by molar-refractivity contribution is 0.0941. The molecule has 3 aromatic rings. The fourth-order valence-corrected chi connectivity index (χ4v) is 2.51. The number of ether oxygens (including phenoxy) is 1. The zero-order valence-corrected chi connectivity index (χ0v) is 16.0. The third kappa shape index (κ3) is 4.83. The summed E-state index contributed by atoms with van der Waals surface area (Å²) in [4.78, 5) is 20.5. The van der Waals surface area contributed by atoms with Crippen molar-refractivity contribution in [3.8, 4) is 5.75 Å². The molecule has 0 unspecified atom stereocenters. The van der Waals surface area contributed by atoms with Crippen molar-refractivity contribution >= 4 is 17.5 Å². The predicted molar refractivity (Wildman–Crippen MR) is 99.7 cm³/mol. The highest BCUT2D eigenvalue weighted by Gasteiger charge is 2.13. The minimum Gasteiger partial charge on any atom is -0.486 e. The standard InChI is InChI=1S/C19H19ClN4O3/c1-11-4-15(5-12(2)18(11)20)26-10-16-6-17(24-27-16)19(25)23-9-14-8-21-13(3)7-22-14/h4-8H,9-10H2,1-3H3,(H,23,25). The Morgan fingerprint density at radius 3 is 2.56 bits per heavy atom. The molecule has 1 N–H and O–H groups in total. The van der Waals surface area contributed by atoms with E-state index < -0.39 is 0 Å². The van der Waals surface area contributed by atoms with E-state index in [4.69, 9.17) is 20.9 Å². The van der Waals surface area contributed by atoms with Gasteiger partial charge in [-0.15, -0.1) is 0 Å². The van der Waals surface area contributed by atoms with Crippen LogP contribution >= 0.6 is 11.6 Å². The summed E-state index contributed by atoms with van der Waals surface area (Å²) in [5, 5.41) is 7.22. The Hall–Kier alpha value is -2.93. The van der Waals surface area contributed by atoms with E-state index in [9.17, 15) is 4.79 Å². The summed E-state index contributed by atoms with van der Waals surface area (Å²) in [6.07, 6.45) is 3.26. The Morgan fingerprint density at radius 2 is 1.89 bits per heavy atom. The van der Waals surface area contributed by atoms with Gasteiger partial charge in [-0.1, -0.05) is 16.8 Å². The lowest BCUT2D eigenvalue weighted by Crippen LogP contribution is -2.23. The zero-order chi connectivity index (χ0) is 19.4. The molecule has 0 saturated carbocycles. The first-order chi connectivity index (χ1) is 12.9. The predicted octanol–water partition coefficient (Wildman–Crippen LogP) is 3.55. The number of hydrogen-bond acceptors (Lipinski definition) is 6. The van der Waals surface area contributed by atoms with Gasteiger partial charge in [0.15, 0.2) is 11.5 Å². The third-order valence-corrected chi connectivity index (χ3v) is 4.44. The largest absolute Gasteiger partial charge is 0.486 e. The summed E-state index contributed by atoms with van der Waals surface area (Å²) in [7, 11) is 0. The lowest BCUT2D eigenvalue weighted by atomic mass is 10.1. The number of hydrogen-bond donors (Lipinski definition) is 1. The van der Waals surface area contributed by atoms with E-state index in [0.717, 1.165) is 21.8 Å². The summed E-state index contributed by atoms with van der Waals surface area (Å²) in [5.74, 6) is 0.765. The van der Waals surface area contributed by atoms with Crippen LogP contribution in [0.3, 0.4) is 0 Å². The fraction of sp³-hybridized carbons (Fsp3) is 0.263. The van der Waals surface area contributed by atoms with Gasteiger partial charge in [0.1, 0.15) is 12.4 Å². The molecule has 0 bridgehead atoms. The van der Waals surface area contributed by atoms with Gasteiger partial charge in [-0.2, -0.15) is 0 Å². The topological polar surface area (TPSA) is 90.1 Å². The van der Waals surface area contributed by atoms with Crippen LogP contribution in [-0.2, 0) is 13.2 Å². The number of carbonyl (C=O) groups excluding carboxylic acids is 1. The number of nitrogens with one attached hydrogen (secondary N) is 1. The van der Waals surface area contributed by atoms with Gasteiger partial charge >= 0.3 is 0 Å². The van der Waals surface area contributed by atoms with Crippen molar-refractivity contribution in [2.24, 2.45) is 0 Å². The normalized spacial score (nSPS) is 10.7. The van der Waals surface area contributed by atoms with Gasteiger partial charge in [0.25, 0.3) is 5.91 Å². The number of halogens is 1. The summed E-state index contributed by atoms with van der Waals surface area (Å²) in [6.45, 7) is 6.09. The number of benzene rings is 1. The first-order valence-corrected chi connectivity index (χ1v) is 8.71. The average Bonchev–Trinajstić information content (AvgIpc) is 3.13. The Balaban J connectivity index is 1.56. The van der Waals surface area contributed by atoms with Crippen molar-refractivity contribution in [1.29, 1.82) is 0 Å². The molecule has 0 spiro atoms. The highest BCUT2D eigenvalue weighted by molar-refractivity contribution is 6.32. The molecule has 2 aromatic heterocycles. The van der Waals surface area contributed by atoms with Crippen molar-refractivity contribution in [2.45, 2.75) is 33.9 Å². The highest BCUT2D eigenvalue weighted by Crippen LogP contribution is 2.26. The van der Waals surface area contributed by atoms with Crippen LogP contribution in [0.15, 0.2) is 35.1 Å². The lowest BCUT2D eigenvalue weighted by Gasteiger charge is -2.08. The first kappa shape index (κ1) is 18.8. The number of rotatable bonds is 6. The van der Waals surface area contributed by atoms with Crippen LogP contribution in [-0.4, -0.2) is 21.0 Å². The van der Waals surface area contributed by atoms with E-state index in [-0.39, 0.29) is 24.8 Å². The van der Waals surface area contributed by atoms with Gasteiger partial charge in [-0.25, -0.2) is 0 Å². The number of aryl methyl sites for hydroxylation is 3. The van der Waals surface area contributed by atoms with Crippen molar-refractivity contribution < 1.29 is 14.1 Å². The van der Waals surface area contributed by atoms with Crippen molar-refractivity contribution in [1.82, 2.24) is 20.4 Å². The first-order valence-electron chi connectivity index (χ1n) is 8.33. The molecule has 0 aliphatic carbocycles. The van der Waals surface area contributed by atoms with Crippen molar-refractivity contribution in [3.05, 3.63) is 69.6 Å². The Morgan fingerprint density at radius 1 is 1.15 bits per heavy atom. The molecule has 0 saturated heterocycles. The third-order valence-electron chi connectivity index (χ3n) is 3.85. The number of carbonyl (C=O) groups is 1. The molecule has 0 aliphatic rings. The van der Waals surface area contributed by atoms with Crippen LogP contribution in [0.4, 0.5) is 0 Å². The smallest absolute Gasteiger partial charge is 0.273 e. The van der Waals surface area contributed by atoms with Crippen LogP contribution in [0.1, 0.15) is 38.8 Å². The highest BCUT2D eigenvalue weighted by atomic mass is 35.5. The maximum absolute atomic E-state index is 12.2. The molecule has 1 aromatic carbocycles. The monoisotopic (exact) mass is 386 g/mol. The van der Waals surface area contributed by atoms with E-state index in [1.165, 1.54) is 0 Å². The number of nitrogens with zero attached hydrogens (tertiary/aromatic N) is 3. The maximum Gasteiger partial charge on any atom is 0.273 e. The molecule has 3 rings (SSSR count). The van der Waals surface area contributed by atoms with E-state index in [0.29, 0.717) is 17.2 Å². The van der Waals surface area contributed by atoms with Gasteiger partial charge in [0.05, 0.1) is 24.1 Å². The summed E-state index contributed by atoms with van der Waals surface area (Å²) in [5.41, 5.74) is 3.52. The molecule has 0 aliphatic heterocycles. The average molecular weight is 387 g/mol. The number of amides is 1. The van der Waals surface area contributed by atoms with Crippen LogP contribution in [0.25, 0.3) is 0 Å². The summed E-state index contributed by atoms with van der Waals surface area (Å²) in [6, 6.07) is 5.25. The second-order valence-corrected chi connectivity index (χ2v) is 6.55. The van der Waals surface area contributed by atoms with Gasteiger partial charge in [0.2, 0.25) is 0 Å². The quantitative estimate of drug-likeness (QED) is 0.696. The number of aromatic nitrogens is 3. The van der Waals surface area contributed by atoms with E-state index in [1.807, 2.05) is 32.9 Å². The molecule has 1 amide bonds. The minimum absolute atomic E-state index is 0.157. The second-order valence-electron chi connectivity index (χ2n) is 6.17. The minimum atomic E-state index is -0.356. The van der Waals surface area contributed by atoms with Crippen LogP contribution in [0.2, 0.25) is 5.02 Å². The molecule has 0 fully saturated rings. The molecule has 0 radical (unpaired) electrons. The second kappa shape index (κ2) is 8.18. The Bertz CT molecular complexity index is 931. The Labute approximate surface area is 161 Å². The van der Waals surface area contributed by atoms with E-state index >= 15 is 0 Å². The molecule has 0 atom stereocenters. The van der Waals surface area contributed by atoms with Crippen molar-refractivity contribution in [3.63, 3.8) is 0 Å². The van der Waals surface area contributed by atoms with Crippen molar-refractivity contribution in [2.75, 3.05) is 0 Å². The molecular weight excluding hydrogens is 368 g/mol. The Kier molecular flexibility index (Phi) is 5.71. The van der Waals surface area contributed by atoms with Gasteiger partial charge < -0.3 is 14.6 Å². The molecule has 27 heavy (non-hydrogen) atoms. The van der Waals surface area contributed by atoms with Crippen LogP contribution in [0, 0.1) is 20.8 Å². The molecule has 7 nitrogen and oxygen atoms in total. The van der Waals surface area contributed by atoms with Gasteiger partial charge in [-0.05, 0) is 44.0 Å². The summed E-state index contributed by atoms with van der Waals surface area (Å²) < 4.78 is 10.9. The zero-order valence-electron chi connectivity index (χ0n) is 15.2. The van der Waals surface area contributed by atoms with Crippen LogP contribution < -0.4 is 10.1 Å². The fourth-order valence-electron chi connectivity index (χ4n) is 2.40. The molecular formula is C19H19ClN4O3.